The van der Waals surface area contributed by atoms with Crippen LogP contribution in [0.3, 0.4) is 0 Å². The first-order chi connectivity index (χ1) is 20.6. The van der Waals surface area contributed by atoms with Crippen molar-refractivity contribution in [3.63, 3.8) is 0 Å². The molecule has 0 aliphatic carbocycles. The summed E-state index contributed by atoms with van der Waals surface area (Å²) >= 11 is 0. The van der Waals surface area contributed by atoms with Crippen LogP contribution < -0.4 is 10.6 Å². The molecule has 11 heteroatoms. The lowest BCUT2D eigenvalue weighted by Gasteiger charge is -2.38. The Hall–Kier alpha value is -4.33. The molecule has 2 aliphatic rings. The zero-order valence-electron chi connectivity index (χ0n) is 25.9. The zero-order chi connectivity index (χ0) is 32.6. The maximum Gasteiger partial charge on any atom is 0.246 e. The van der Waals surface area contributed by atoms with E-state index in [1.807, 2.05) is 33.8 Å². The van der Waals surface area contributed by atoms with E-state index in [9.17, 15) is 33.2 Å². The Balaban J connectivity index is 1.66. The van der Waals surface area contributed by atoms with Crippen LogP contribution in [0.1, 0.15) is 59.4 Å². The Kier molecular flexibility index (Phi) is 9.14. The number of hydrogen-bond acceptors (Lipinski definition) is 5. The van der Waals surface area contributed by atoms with Gasteiger partial charge in [-0.2, -0.15) is 5.26 Å². The molecule has 2 aromatic carbocycles. The van der Waals surface area contributed by atoms with Gasteiger partial charge in [-0.05, 0) is 55.4 Å². The molecular weight excluding hydrogens is 568 g/mol. The number of benzene rings is 2. The third-order valence-electron chi connectivity index (χ3n) is 8.59. The maximum absolute atomic E-state index is 14.3. The van der Waals surface area contributed by atoms with Gasteiger partial charge in [-0.1, -0.05) is 45.9 Å². The van der Waals surface area contributed by atoms with Crippen LogP contribution in [0, 0.1) is 40.2 Å². The molecule has 4 amide bonds. The van der Waals surface area contributed by atoms with E-state index in [0.29, 0.717) is 11.8 Å². The van der Waals surface area contributed by atoms with Gasteiger partial charge in [-0.15, -0.1) is 0 Å². The third kappa shape index (κ3) is 6.03. The minimum Gasteiger partial charge on any atom is -0.333 e. The molecule has 4 rings (SSSR count). The van der Waals surface area contributed by atoms with Crippen LogP contribution in [0.4, 0.5) is 20.2 Å². The molecule has 1 saturated heterocycles. The fraction of sp³-hybridized carbons (Fsp3) is 0.485. The minimum atomic E-state index is -1.70. The SMILES string of the molecule is CC(C)C[C@@H](C(=O)N1C[C@]2(CC1C#N)C(=O)Nc1ccccc12)N(C)C(=O)[C@](C)(CC(C)C)C(=O)Nc1cc(F)cc(F)c1. The minimum absolute atomic E-state index is 0.0293. The van der Waals surface area contributed by atoms with Crippen LogP contribution in [0.2, 0.25) is 0 Å². The lowest BCUT2D eigenvalue weighted by molar-refractivity contribution is -0.155. The van der Waals surface area contributed by atoms with Gasteiger partial charge in [0.05, 0.1) is 11.5 Å². The number of nitrogens with zero attached hydrogens (tertiary/aromatic N) is 3. The van der Waals surface area contributed by atoms with E-state index < -0.39 is 52.3 Å². The Morgan fingerprint density at radius 1 is 1.14 bits per heavy atom. The van der Waals surface area contributed by atoms with Gasteiger partial charge in [0, 0.05) is 37.5 Å². The number of rotatable bonds is 9. The first-order valence-corrected chi connectivity index (χ1v) is 14.8. The van der Waals surface area contributed by atoms with Gasteiger partial charge in [0.25, 0.3) is 0 Å². The van der Waals surface area contributed by atoms with Gasteiger partial charge >= 0.3 is 0 Å². The highest BCUT2D eigenvalue weighted by atomic mass is 19.1. The highest BCUT2D eigenvalue weighted by Gasteiger charge is 2.57. The molecule has 1 unspecified atom stereocenters. The van der Waals surface area contributed by atoms with Gasteiger partial charge in [-0.25, -0.2) is 8.78 Å². The number of para-hydroxylation sites is 1. The molecular formula is C33H39F2N5O4. The Morgan fingerprint density at radius 2 is 1.77 bits per heavy atom. The molecule has 2 aromatic rings. The summed E-state index contributed by atoms with van der Waals surface area (Å²) in [5, 5.41) is 15.4. The van der Waals surface area contributed by atoms with Crippen molar-refractivity contribution in [2.45, 2.75) is 71.4 Å². The number of carbonyl (C=O) groups is 4. The molecule has 2 N–H and O–H groups in total. The van der Waals surface area contributed by atoms with Crippen molar-refractivity contribution in [3.05, 3.63) is 59.7 Å². The summed E-state index contributed by atoms with van der Waals surface area (Å²) in [6.07, 6.45) is 0.439. The molecule has 0 aromatic heterocycles. The number of carbonyl (C=O) groups excluding carboxylic acids is 4. The first kappa shape index (κ1) is 32.6. The molecule has 0 saturated carbocycles. The molecule has 2 heterocycles. The fourth-order valence-electron chi connectivity index (χ4n) is 6.57. The van der Waals surface area contributed by atoms with Gasteiger partial charge in [0.2, 0.25) is 23.6 Å². The normalized spacial score (nSPS) is 21.1. The second-order valence-corrected chi connectivity index (χ2v) is 13.0. The van der Waals surface area contributed by atoms with Crippen molar-refractivity contribution >= 4 is 35.0 Å². The number of halogens is 2. The van der Waals surface area contributed by atoms with Crippen molar-refractivity contribution in [2.24, 2.45) is 17.3 Å². The Labute approximate surface area is 256 Å². The highest BCUT2D eigenvalue weighted by Crippen LogP contribution is 2.46. The van der Waals surface area contributed by atoms with Crippen molar-refractivity contribution in [1.29, 1.82) is 5.26 Å². The first-order valence-electron chi connectivity index (χ1n) is 14.8. The van der Waals surface area contributed by atoms with Crippen LogP contribution in [0.25, 0.3) is 0 Å². The van der Waals surface area contributed by atoms with E-state index in [2.05, 4.69) is 16.7 Å². The molecule has 0 radical (unpaired) electrons. The fourth-order valence-corrected chi connectivity index (χ4v) is 6.57. The van der Waals surface area contributed by atoms with E-state index in [-0.39, 0.29) is 49.2 Å². The van der Waals surface area contributed by atoms with Crippen LogP contribution in [0.5, 0.6) is 0 Å². The van der Waals surface area contributed by atoms with Crippen LogP contribution >= 0.6 is 0 Å². The summed E-state index contributed by atoms with van der Waals surface area (Å²) in [5.74, 6) is -4.13. The molecule has 9 nitrogen and oxygen atoms in total. The largest absolute Gasteiger partial charge is 0.333 e. The summed E-state index contributed by atoms with van der Waals surface area (Å²) < 4.78 is 27.7. The monoisotopic (exact) mass is 607 g/mol. The van der Waals surface area contributed by atoms with Crippen molar-refractivity contribution in [2.75, 3.05) is 24.2 Å². The number of fused-ring (bicyclic) bond motifs is 2. The third-order valence-corrected chi connectivity index (χ3v) is 8.59. The molecule has 0 bridgehead atoms. The number of nitrogens with one attached hydrogen (secondary N) is 2. The van der Waals surface area contributed by atoms with Crippen molar-refractivity contribution < 1.29 is 28.0 Å². The predicted molar refractivity (Wildman–Crippen MR) is 161 cm³/mol. The molecule has 1 fully saturated rings. The highest BCUT2D eigenvalue weighted by molar-refractivity contribution is 6.11. The van der Waals surface area contributed by atoms with Gasteiger partial charge in [-0.3, -0.25) is 19.2 Å². The summed E-state index contributed by atoms with van der Waals surface area (Å²) in [6.45, 7) is 8.89. The van der Waals surface area contributed by atoms with Gasteiger partial charge in [0.15, 0.2) is 0 Å². The standard InChI is InChI=1S/C33H39F2N5O4/c1-19(2)11-27(28(41)40-18-33(16-24(40)17-36)25-9-7-8-10-26(25)38-30(33)43)39(6)31(44)32(5,15-20(3)4)29(42)37-23-13-21(34)12-22(35)14-23/h7-10,12-14,19-20,24,27H,11,15-16,18H2,1-6H3,(H,37,42)(H,38,43)/t24?,27-,32+,33-/m0/s1. The predicted octanol–water partition coefficient (Wildman–Crippen LogP) is 4.84. The van der Waals surface area contributed by atoms with E-state index in [1.165, 1.54) is 23.8 Å². The lowest BCUT2D eigenvalue weighted by Crippen LogP contribution is -2.56. The van der Waals surface area contributed by atoms with Crippen LogP contribution in [-0.4, -0.2) is 59.1 Å². The number of hydrogen-bond donors (Lipinski definition) is 2. The summed E-state index contributed by atoms with van der Waals surface area (Å²) in [5.41, 5.74) is -1.57. The molecule has 4 atom stereocenters. The summed E-state index contributed by atoms with van der Waals surface area (Å²) in [7, 11) is 1.45. The number of likely N-dealkylation sites (tertiary alicyclic amines) is 1. The Morgan fingerprint density at radius 3 is 2.36 bits per heavy atom. The van der Waals surface area contributed by atoms with E-state index >= 15 is 0 Å². The quantitative estimate of drug-likeness (QED) is 0.395. The number of amides is 4. The second-order valence-electron chi connectivity index (χ2n) is 13.0. The van der Waals surface area contributed by atoms with E-state index in [4.69, 9.17) is 0 Å². The average molecular weight is 608 g/mol. The number of anilines is 2. The van der Waals surface area contributed by atoms with Gasteiger partial charge in [0.1, 0.15) is 29.1 Å². The summed E-state index contributed by atoms with van der Waals surface area (Å²) in [4.78, 5) is 58.1. The van der Waals surface area contributed by atoms with Crippen molar-refractivity contribution in [3.8, 4) is 6.07 Å². The summed E-state index contributed by atoms with van der Waals surface area (Å²) in [6, 6.07) is 10.0. The number of likely N-dealkylation sites (N-methyl/N-ethyl adjacent to an activating group) is 1. The van der Waals surface area contributed by atoms with E-state index in [0.717, 1.165) is 17.7 Å². The van der Waals surface area contributed by atoms with Crippen LogP contribution in [-0.2, 0) is 24.6 Å². The smallest absolute Gasteiger partial charge is 0.246 e. The molecule has 2 aliphatic heterocycles. The van der Waals surface area contributed by atoms with Crippen molar-refractivity contribution in [1.82, 2.24) is 9.80 Å². The second kappa shape index (κ2) is 12.3. The van der Waals surface area contributed by atoms with Crippen LogP contribution in [0.15, 0.2) is 42.5 Å². The molecule has 1 spiro atoms. The average Bonchev–Trinajstić information content (AvgIpc) is 3.47. The maximum atomic E-state index is 14.3. The topological polar surface area (TPSA) is 123 Å². The van der Waals surface area contributed by atoms with E-state index in [1.54, 1.807) is 18.2 Å². The van der Waals surface area contributed by atoms with Gasteiger partial charge < -0.3 is 20.4 Å². The lowest BCUT2D eigenvalue weighted by atomic mass is 9.79. The number of nitriles is 1. The zero-order valence-corrected chi connectivity index (χ0v) is 25.9. The molecule has 234 valence electrons. The Bertz CT molecular complexity index is 1500. The molecule has 44 heavy (non-hydrogen) atoms.